The lowest BCUT2D eigenvalue weighted by Gasteiger charge is -2.31. The summed E-state index contributed by atoms with van der Waals surface area (Å²) in [5, 5.41) is 8.32. The Hall–Kier alpha value is -1.31. The van der Waals surface area contributed by atoms with E-state index in [0.717, 1.165) is 0 Å². The van der Waals surface area contributed by atoms with Gasteiger partial charge in [0.05, 0.1) is 0 Å². The maximum absolute atomic E-state index is 12.4. The summed E-state index contributed by atoms with van der Waals surface area (Å²) in [6, 6.07) is -0.539. The van der Waals surface area contributed by atoms with E-state index in [9.17, 15) is 22.8 Å². The van der Waals surface area contributed by atoms with E-state index in [-0.39, 0.29) is 0 Å². The standard InChI is InChI=1S/C11H18F3NO4/c1-3-8(4-2)15(7-11(12,13)14)9(16)5-19-6-10(17)18/h8H,3-7H2,1-2H3,(H,17,18). The van der Waals surface area contributed by atoms with Crippen molar-refractivity contribution in [3.8, 4) is 0 Å². The predicted molar refractivity (Wildman–Crippen MR) is 60.6 cm³/mol. The molecule has 0 atom stereocenters. The third kappa shape index (κ3) is 7.66. The summed E-state index contributed by atoms with van der Waals surface area (Å²) in [6.45, 7) is 0.633. The fourth-order valence-corrected chi connectivity index (χ4v) is 1.65. The molecule has 0 unspecified atom stereocenters. The molecule has 19 heavy (non-hydrogen) atoms. The number of carbonyl (C=O) groups is 2. The van der Waals surface area contributed by atoms with Gasteiger partial charge in [0, 0.05) is 6.04 Å². The number of aliphatic carboxylic acids is 1. The van der Waals surface area contributed by atoms with Crippen molar-refractivity contribution in [1.82, 2.24) is 4.90 Å². The second kappa shape index (κ2) is 7.98. The topological polar surface area (TPSA) is 66.8 Å². The average molecular weight is 285 g/mol. The van der Waals surface area contributed by atoms with Crippen molar-refractivity contribution in [3.63, 3.8) is 0 Å². The molecule has 0 aromatic carbocycles. The van der Waals surface area contributed by atoms with Crippen LogP contribution in [0.25, 0.3) is 0 Å². The summed E-state index contributed by atoms with van der Waals surface area (Å²) in [7, 11) is 0. The molecule has 0 fully saturated rings. The van der Waals surface area contributed by atoms with Crippen molar-refractivity contribution in [2.75, 3.05) is 19.8 Å². The molecule has 1 N–H and O–H groups in total. The van der Waals surface area contributed by atoms with Crippen LogP contribution in [0.4, 0.5) is 13.2 Å². The number of nitrogens with zero attached hydrogens (tertiary/aromatic N) is 1. The molecular formula is C11H18F3NO4. The normalized spacial score (nSPS) is 11.7. The van der Waals surface area contributed by atoms with Crippen LogP contribution in [0, 0.1) is 0 Å². The van der Waals surface area contributed by atoms with E-state index < -0.39 is 43.9 Å². The first kappa shape index (κ1) is 17.7. The fraction of sp³-hybridized carbons (Fsp3) is 0.818. The Bertz CT molecular complexity index is 303. The van der Waals surface area contributed by atoms with Gasteiger partial charge in [-0.3, -0.25) is 4.79 Å². The van der Waals surface area contributed by atoms with Crippen molar-refractivity contribution < 1.29 is 32.6 Å². The number of hydrogen-bond acceptors (Lipinski definition) is 3. The van der Waals surface area contributed by atoms with Crippen LogP contribution in [0.15, 0.2) is 0 Å². The first-order chi connectivity index (χ1) is 8.71. The molecule has 0 aromatic rings. The molecule has 0 spiro atoms. The van der Waals surface area contributed by atoms with Crippen LogP contribution in [0.1, 0.15) is 26.7 Å². The molecule has 112 valence electrons. The SMILES string of the molecule is CCC(CC)N(CC(F)(F)F)C(=O)COCC(=O)O. The quantitative estimate of drug-likeness (QED) is 0.736. The lowest BCUT2D eigenvalue weighted by atomic mass is 10.1. The number of carboxylic acids is 1. The second-order valence-electron chi connectivity index (χ2n) is 3.99. The number of rotatable bonds is 8. The summed E-state index contributed by atoms with van der Waals surface area (Å²) in [6.07, 6.45) is -3.72. The van der Waals surface area contributed by atoms with Crippen LogP contribution < -0.4 is 0 Å². The molecular weight excluding hydrogens is 267 g/mol. The second-order valence-corrected chi connectivity index (χ2v) is 3.99. The molecule has 0 aromatic heterocycles. The van der Waals surface area contributed by atoms with E-state index in [1.54, 1.807) is 13.8 Å². The molecule has 0 aliphatic rings. The number of hydrogen-bond donors (Lipinski definition) is 1. The van der Waals surface area contributed by atoms with Gasteiger partial charge in [0.25, 0.3) is 0 Å². The Morgan fingerprint density at radius 1 is 1.21 bits per heavy atom. The molecule has 0 bridgehead atoms. The number of amides is 1. The molecule has 5 nitrogen and oxygen atoms in total. The van der Waals surface area contributed by atoms with Gasteiger partial charge in [-0.2, -0.15) is 13.2 Å². The van der Waals surface area contributed by atoms with Gasteiger partial charge in [-0.15, -0.1) is 0 Å². The van der Waals surface area contributed by atoms with E-state index in [1.807, 2.05) is 0 Å². The van der Waals surface area contributed by atoms with Gasteiger partial charge >= 0.3 is 12.1 Å². The Balaban J connectivity index is 4.63. The molecule has 0 radical (unpaired) electrons. The third-order valence-electron chi connectivity index (χ3n) is 2.50. The molecule has 0 heterocycles. The Labute approximate surface area is 109 Å². The summed E-state index contributed by atoms with van der Waals surface area (Å²) in [4.78, 5) is 22.6. The average Bonchev–Trinajstić information content (AvgIpc) is 2.27. The minimum atomic E-state index is -4.49. The van der Waals surface area contributed by atoms with Crippen molar-refractivity contribution in [3.05, 3.63) is 0 Å². The van der Waals surface area contributed by atoms with Gasteiger partial charge < -0.3 is 14.7 Å². The van der Waals surface area contributed by atoms with Gasteiger partial charge in [0.2, 0.25) is 5.91 Å². The number of alkyl halides is 3. The minimum Gasteiger partial charge on any atom is -0.480 e. The number of carboxylic acid groups (broad SMARTS) is 1. The first-order valence-electron chi connectivity index (χ1n) is 5.87. The van der Waals surface area contributed by atoms with Crippen LogP contribution in [0.2, 0.25) is 0 Å². The maximum atomic E-state index is 12.4. The zero-order chi connectivity index (χ0) is 15.1. The largest absolute Gasteiger partial charge is 0.480 e. The van der Waals surface area contributed by atoms with Crippen LogP contribution in [0.5, 0.6) is 0 Å². The highest BCUT2D eigenvalue weighted by molar-refractivity contribution is 5.78. The highest BCUT2D eigenvalue weighted by Crippen LogP contribution is 2.20. The smallest absolute Gasteiger partial charge is 0.406 e. The van der Waals surface area contributed by atoms with Crippen molar-refractivity contribution in [1.29, 1.82) is 0 Å². The van der Waals surface area contributed by atoms with Gasteiger partial charge in [-0.05, 0) is 12.8 Å². The minimum absolute atomic E-state index is 0.386. The van der Waals surface area contributed by atoms with E-state index in [1.165, 1.54) is 0 Å². The van der Waals surface area contributed by atoms with E-state index in [2.05, 4.69) is 4.74 Å². The summed E-state index contributed by atoms with van der Waals surface area (Å²) in [5.41, 5.74) is 0. The lowest BCUT2D eigenvalue weighted by molar-refractivity contribution is -0.169. The van der Waals surface area contributed by atoms with E-state index in [0.29, 0.717) is 17.7 Å². The number of carbonyl (C=O) groups excluding carboxylic acids is 1. The highest BCUT2D eigenvalue weighted by Gasteiger charge is 2.35. The predicted octanol–water partition coefficient (Wildman–Crippen LogP) is 1.67. The van der Waals surface area contributed by atoms with Crippen molar-refractivity contribution >= 4 is 11.9 Å². The molecule has 0 rings (SSSR count). The Kier molecular flexibility index (Phi) is 7.43. The van der Waals surface area contributed by atoms with Gasteiger partial charge in [-0.1, -0.05) is 13.8 Å². The van der Waals surface area contributed by atoms with Crippen molar-refractivity contribution in [2.24, 2.45) is 0 Å². The molecule has 0 aliphatic carbocycles. The molecule has 0 saturated carbocycles. The van der Waals surface area contributed by atoms with Gasteiger partial charge in [-0.25, -0.2) is 4.79 Å². The lowest BCUT2D eigenvalue weighted by Crippen LogP contribution is -2.47. The molecule has 0 aliphatic heterocycles. The van der Waals surface area contributed by atoms with E-state index in [4.69, 9.17) is 5.11 Å². The fourth-order valence-electron chi connectivity index (χ4n) is 1.65. The first-order valence-corrected chi connectivity index (χ1v) is 5.87. The Morgan fingerprint density at radius 2 is 1.74 bits per heavy atom. The molecule has 0 saturated heterocycles. The van der Waals surface area contributed by atoms with Crippen molar-refractivity contribution in [2.45, 2.75) is 38.9 Å². The third-order valence-corrected chi connectivity index (χ3v) is 2.50. The summed E-state index contributed by atoms with van der Waals surface area (Å²) in [5.74, 6) is -2.13. The van der Waals surface area contributed by atoms with E-state index >= 15 is 0 Å². The van der Waals surface area contributed by atoms with Crippen LogP contribution in [0.3, 0.4) is 0 Å². The van der Waals surface area contributed by atoms with Crippen LogP contribution in [-0.4, -0.2) is 53.9 Å². The van der Waals surface area contributed by atoms with Gasteiger partial charge in [0.1, 0.15) is 19.8 Å². The highest BCUT2D eigenvalue weighted by atomic mass is 19.4. The summed E-state index contributed by atoms with van der Waals surface area (Å²) < 4.78 is 41.8. The zero-order valence-corrected chi connectivity index (χ0v) is 10.9. The van der Waals surface area contributed by atoms with Crippen LogP contribution >= 0.6 is 0 Å². The monoisotopic (exact) mass is 285 g/mol. The maximum Gasteiger partial charge on any atom is 0.406 e. The molecule has 8 heteroatoms. The summed E-state index contributed by atoms with van der Waals surface area (Å²) >= 11 is 0. The number of ether oxygens (including phenoxy) is 1. The molecule has 1 amide bonds. The zero-order valence-electron chi connectivity index (χ0n) is 10.9. The van der Waals surface area contributed by atoms with Crippen LogP contribution in [-0.2, 0) is 14.3 Å². The Morgan fingerprint density at radius 3 is 2.11 bits per heavy atom. The van der Waals surface area contributed by atoms with Gasteiger partial charge in [0.15, 0.2) is 0 Å². The number of halogens is 3.